The first-order valence-corrected chi connectivity index (χ1v) is 9.39. The highest BCUT2D eigenvalue weighted by atomic mass is 19.4. The summed E-state index contributed by atoms with van der Waals surface area (Å²) in [7, 11) is 0. The van der Waals surface area contributed by atoms with Crippen molar-refractivity contribution in [2.45, 2.75) is 24.7 Å². The van der Waals surface area contributed by atoms with Crippen LogP contribution in [-0.4, -0.2) is 41.0 Å². The van der Waals surface area contributed by atoms with Gasteiger partial charge in [0.1, 0.15) is 0 Å². The molecule has 30 heavy (non-hydrogen) atoms. The smallest absolute Gasteiger partial charge is 0.391 e. The van der Waals surface area contributed by atoms with Gasteiger partial charge in [-0.1, -0.05) is 42.5 Å². The van der Waals surface area contributed by atoms with Crippen LogP contribution >= 0.6 is 0 Å². The van der Waals surface area contributed by atoms with Crippen molar-refractivity contribution in [3.8, 4) is 0 Å². The summed E-state index contributed by atoms with van der Waals surface area (Å²) in [4.78, 5) is 26.1. The number of aliphatic hydroxyl groups excluding tert-OH is 1. The number of likely N-dealkylation sites (tertiary alicyclic amines) is 1. The molecule has 0 unspecified atom stereocenters. The summed E-state index contributed by atoms with van der Waals surface area (Å²) in [6, 6.07) is 13.5. The van der Waals surface area contributed by atoms with E-state index in [-0.39, 0.29) is 25.0 Å². The van der Waals surface area contributed by atoms with Gasteiger partial charge in [0.05, 0.1) is 24.3 Å². The molecule has 0 radical (unpaired) electrons. The Morgan fingerprint density at radius 1 is 1.10 bits per heavy atom. The fourth-order valence-corrected chi connectivity index (χ4v) is 3.36. The number of carbonyl (C=O) groups excluding carboxylic acids is 2. The molecule has 5 nitrogen and oxygen atoms in total. The summed E-state index contributed by atoms with van der Waals surface area (Å²) in [6.45, 7) is -0.0537. The van der Waals surface area contributed by atoms with E-state index in [1.165, 1.54) is 18.2 Å². The number of alkyl halides is 3. The summed E-state index contributed by atoms with van der Waals surface area (Å²) < 4.78 is 37.7. The summed E-state index contributed by atoms with van der Waals surface area (Å²) in [5.74, 6) is -0.865. The van der Waals surface area contributed by atoms with Crippen molar-refractivity contribution < 1.29 is 27.9 Å². The second-order valence-electron chi connectivity index (χ2n) is 7.03. The van der Waals surface area contributed by atoms with E-state index in [9.17, 15) is 27.9 Å². The standard InChI is InChI=1S/C22H21F3N2O3/c23-22(24,25)17-9-6-15(7-10-17)8-11-20(29)26-13-21(30)27-14-18(28)12-19(27)16-4-2-1-3-5-16/h1-11,18-19,28H,12-14H2,(H,26,29)/b11-8+/t18-,19-/m1/s1. The van der Waals surface area contributed by atoms with Gasteiger partial charge in [-0.25, -0.2) is 0 Å². The molecule has 1 fully saturated rings. The monoisotopic (exact) mass is 418 g/mol. The average Bonchev–Trinajstić information content (AvgIpc) is 3.12. The van der Waals surface area contributed by atoms with Crippen LogP contribution in [0.5, 0.6) is 0 Å². The minimum atomic E-state index is -4.42. The van der Waals surface area contributed by atoms with Crippen LogP contribution in [0.3, 0.4) is 0 Å². The van der Waals surface area contributed by atoms with Crippen LogP contribution in [0.4, 0.5) is 13.2 Å². The third-order valence-electron chi connectivity index (χ3n) is 4.86. The molecule has 0 spiro atoms. The van der Waals surface area contributed by atoms with Crippen LogP contribution in [0.1, 0.15) is 29.2 Å². The molecule has 1 heterocycles. The van der Waals surface area contributed by atoms with Crippen LogP contribution in [-0.2, 0) is 15.8 Å². The van der Waals surface area contributed by atoms with Crippen LogP contribution in [0.2, 0.25) is 0 Å². The lowest BCUT2D eigenvalue weighted by Crippen LogP contribution is -2.40. The van der Waals surface area contributed by atoms with Gasteiger partial charge in [0.15, 0.2) is 0 Å². The highest BCUT2D eigenvalue weighted by molar-refractivity contribution is 5.94. The summed E-state index contributed by atoms with van der Waals surface area (Å²) in [5.41, 5.74) is 0.572. The van der Waals surface area contributed by atoms with E-state index in [4.69, 9.17) is 0 Å². The lowest BCUT2D eigenvalue weighted by Gasteiger charge is -2.24. The first-order chi connectivity index (χ1) is 14.2. The van der Waals surface area contributed by atoms with Crippen molar-refractivity contribution in [1.29, 1.82) is 0 Å². The molecule has 1 aliphatic rings. The predicted octanol–water partition coefficient (Wildman–Crippen LogP) is 3.17. The van der Waals surface area contributed by atoms with E-state index in [0.29, 0.717) is 12.0 Å². The Labute approximate surface area is 171 Å². The van der Waals surface area contributed by atoms with Crippen molar-refractivity contribution in [3.05, 3.63) is 77.4 Å². The van der Waals surface area contributed by atoms with E-state index >= 15 is 0 Å². The number of aliphatic hydroxyl groups is 1. The van der Waals surface area contributed by atoms with Gasteiger partial charge in [-0.05, 0) is 35.8 Å². The molecule has 1 aliphatic heterocycles. The lowest BCUT2D eigenvalue weighted by atomic mass is 10.0. The number of rotatable bonds is 5. The Kier molecular flexibility index (Phi) is 6.56. The van der Waals surface area contributed by atoms with Gasteiger partial charge in [0, 0.05) is 12.6 Å². The van der Waals surface area contributed by atoms with Gasteiger partial charge in [-0.3, -0.25) is 9.59 Å². The molecule has 1 saturated heterocycles. The molecular weight excluding hydrogens is 397 g/mol. The molecule has 0 aromatic heterocycles. The normalized spacial score (nSPS) is 19.3. The largest absolute Gasteiger partial charge is 0.416 e. The molecule has 2 aromatic rings. The van der Waals surface area contributed by atoms with Gasteiger partial charge in [-0.2, -0.15) is 13.2 Å². The summed E-state index contributed by atoms with van der Waals surface area (Å²) in [6.07, 6.45) is -2.09. The van der Waals surface area contributed by atoms with E-state index in [0.717, 1.165) is 23.8 Å². The minimum absolute atomic E-state index is 0.190. The van der Waals surface area contributed by atoms with Crippen molar-refractivity contribution >= 4 is 17.9 Å². The van der Waals surface area contributed by atoms with Crippen LogP contribution in [0.25, 0.3) is 6.08 Å². The number of hydrogen-bond donors (Lipinski definition) is 2. The van der Waals surface area contributed by atoms with E-state index in [1.54, 1.807) is 4.90 Å². The molecule has 0 aliphatic carbocycles. The number of nitrogens with one attached hydrogen (secondary N) is 1. The molecule has 3 rings (SSSR count). The highest BCUT2D eigenvalue weighted by Gasteiger charge is 2.35. The maximum atomic E-state index is 12.6. The highest BCUT2D eigenvalue weighted by Crippen LogP contribution is 2.32. The Morgan fingerprint density at radius 3 is 2.40 bits per heavy atom. The maximum Gasteiger partial charge on any atom is 0.416 e. The van der Waals surface area contributed by atoms with Crippen LogP contribution in [0.15, 0.2) is 60.7 Å². The fraction of sp³-hybridized carbons (Fsp3) is 0.273. The maximum absolute atomic E-state index is 12.6. The zero-order valence-electron chi connectivity index (χ0n) is 16.0. The molecule has 8 heteroatoms. The number of halogens is 3. The minimum Gasteiger partial charge on any atom is -0.391 e. The van der Waals surface area contributed by atoms with Crippen molar-refractivity contribution in [2.75, 3.05) is 13.1 Å². The molecule has 2 aromatic carbocycles. The number of β-amino-alcohol motifs (C(OH)–C–C–N with tert-alkyl or cyclic N) is 1. The SMILES string of the molecule is O=C(/C=C/c1ccc(C(F)(F)F)cc1)NCC(=O)N1C[C@H](O)C[C@@H]1c1ccccc1. The molecular formula is C22H21F3N2O3. The first kappa shape index (κ1) is 21.6. The second kappa shape index (κ2) is 9.13. The number of amides is 2. The summed E-state index contributed by atoms with van der Waals surface area (Å²) in [5, 5.41) is 12.4. The topological polar surface area (TPSA) is 69.6 Å². The Hall–Kier alpha value is -3.13. The molecule has 158 valence electrons. The van der Waals surface area contributed by atoms with Gasteiger partial charge in [-0.15, -0.1) is 0 Å². The van der Waals surface area contributed by atoms with Crippen molar-refractivity contribution in [3.63, 3.8) is 0 Å². The van der Waals surface area contributed by atoms with Crippen LogP contribution in [0, 0.1) is 0 Å². The third kappa shape index (κ3) is 5.48. The second-order valence-corrected chi connectivity index (χ2v) is 7.03. The zero-order valence-corrected chi connectivity index (χ0v) is 16.0. The van der Waals surface area contributed by atoms with Gasteiger partial charge >= 0.3 is 6.18 Å². The van der Waals surface area contributed by atoms with Crippen molar-refractivity contribution in [1.82, 2.24) is 10.2 Å². The van der Waals surface area contributed by atoms with Crippen molar-refractivity contribution in [2.24, 2.45) is 0 Å². The number of benzene rings is 2. The number of nitrogens with zero attached hydrogens (tertiary/aromatic N) is 1. The first-order valence-electron chi connectivity index (χ1n) is 9.39. The number of carbonyl (C=O) groups is 2. The lowest BCUT2D eigenvalue weighted by molar-refractivity contribution is -0.137. The van der Waals surface area contributed by atoms with Gasteiger partial charge in [0.2, 0.25) is 11.8 Å². The van der Waals surface area contributed by atoms with E-state index < -0.39 is 23.8 Å². The molecule has 2 N–H and O–H groups in total. The zero-order chi connectivity index (χ0) is 21.7. The number of hydrogen-bond acceptors (Lipinski definition) is 3. The van der Waals surface area contributed by atoms with Gasteiger partial charge < -0.3 is 15.3 Å². The molecule has 2 amide bonds. The average molecular weight is 418 g/mol. The molecule has 0 saturated carbocycles. The molecule has 2 atom stereocenters. The quantitative estimate of drug-likeness (QED) is 0.733. The Balaban J connectivity index is 1.55. The van der Waals surface area contributed by atoms with E-state index in [2.05, 4.69) is 5.32 Å². The fourth-order valence-electron chi connectivity index (χ4n) is 3.36. The van der Waals surface area contributed by atoms with Crippen LogP contribution < -0.4 is 5.32 Å². The third-order valence-corrected chi connectivity index (χ3v) is 4.86. The Morgan fingerprint density at radius 2 is 1.77 bits per heavy atom. The predicted molar refractivity (Wildman–Crippen MR) is 105 cm³/mol. The van der Waals surface area contributed by atoms with Gasteiger partial charge in [0.25, 0.3) is 0 Å². The Bertz CT molecular complexity index is 911. The molecule has 0 bridgehead atoms. The summed E-state index contributed by atoms with van der Waals surface area (Å²) >= 11 is 0. The van der Waals surface area contributed by atoms with E-state index in [1.807, 2.05) is 30.3 Å².